The Labute approximate surface area is 212 Å². The first-order chi connectivity index (χ1) is 16.5. The number of halogens is 1. The average Bonchev–Trinajstić information content (AvgIpc) is 3.68. The van der Waals surface area contributed by atoms with Crippen LogP contribution in [0, 0.1) is 6.92 Å². The summed E-state index contributed by atoms with van der Waals surface area (Å²) in [6, 6.07) is 20.7. The molecule has 35 heavy (non-hydrogen) atoms. The molecule has 1 amide bonds. The molecular formula is C28H31ClN2O4. The molecule has 1 fully saturated rings. The van der Waals surface area contributed by atoms with Gasteiger partial charge in [-0.1, -0.05) is 30.3 Å². The van der Waals surface area contributed by atoms with Crippen molar-refractivity contribution >= 4 is 11.7 Å². The van der Waals surface area contributed by atoms with Gasteiger partial charge in [0.2, 0.25) is 0 Å². The van der Waals surface area contributed by atoms with Crippen molar-refractivity contribution in [3.05, 3.63) is 89.0 Å². The number of carbonyl (C=O) groups is 2. The van der Waals surface area contributed by atoms with Gasteiger partial charge in [0.1, 0.15) is 12.4 Å². The van der Waals surface area contributed by atoms with Gasteiger partial charge in [0, 0.05) is 22.7 Å². The van der Waals surface area contributed by atoms with Crippen LogP contribution >= 0.6 is 0 Å². The lowest BCUT2D eigenvalue weighted by molar-refractivity contribution is -0.374. The van der Waals surface area contributed by atoms with E-state index in [-0.39, 0.29) is 24.1 Å². The van der Waals surface area contributed by atoms with Crippen molar-refractivity contribution in [1.29, 1.82) is 0 Å². The Balaban J connectivity index is 0.00000342. The normalized spacial score (nSPS) is 12.5. The summed E-state index contributed by atoms with van der Waals surface area (Å²) in [5, 5.41) is 3.03. The third-order valence-electron chi connectivity index (χ3n) is 5.77. The van der Waals surface area contributed by atoms with Crippen molar-refractivity contribution in [1.82, 2.24) is 5.32 Å². The van der Waals surface area contributed by atoms with Crippen LogP contribution in [-0.4, -0.2) is 44.1 Å². The highest BCUT2D eigenvalue weighted by molar-refractivity contribution is 6.09. The fraction of sp³-hybridized carbons (Fsp3) is 0.286. The standard InChI is InChI=1S/C28H30N2O4.ClH/c1-19-2-3-23(28(32)30-24-10-11-24)18-26(19)20-4-6-21(7-5-20)27(31)22-8-12-25(13-9-22)34-17-16-33-15-14-29;/h2-9,12-13,18,24H,10-11,14-17,29H2,1H3,(H,30,32);1H. The molecule has 184 valence electrons. The molecule has 3 aromatic rings. The van der Waals surface area contributed by atoms with Gasteiger partial charge in [0.25, 0.3) is 5.91 Å². The Morgan fingerprint density at radius 2 is 1.51 bits per heavy atom. The summed E-state index contributed by atoms with van der Waals surface area (Å²) < 4.78 is 11.0. The van der Waals surface area contributed by atoms with E-state index in [0.717, 1.165) is 36.1 Å². The zero-order chi connectivity index (χ0) is 23.9. The van der Waals surface area contributed by atoms with Gasteiger partial charge in [-0.05, 0) is 72.9 Å². The Bertz CT molecular complexity index is 1140. The smallest absolute Gasteiger partial charge is 0.251 e. The molecule has 0 bridgehead atoms. The summed E-state index contributed by atoms with van der Waals surface area (Å²) in [5.74, 6) is 0.617. The lowest BCUT2D eigenvalue weighted by Gasteiger charge is -2.11. The van der Waals surface area contributed by atoms with Gasteiger partial charge in [0.15, 0.2) is 5.78 Å². The highest BCUT2D eigenvalue weighted by Crippen LogP contribution is 2.27. The third-order valence-corrected chi connectivity index (χ3v) is 5.77. The Morgan fingerprint density at radius 3 is 2.14 bits per heavy atom. The quantitative estimate of drug-likeness (QED) is 0.298. The number of nitrogens with one attached hydrogen (secondary N) is 1. The molecule has 0 spiro atoms. The number of ether oxygens (including phenoxy) is 2. The number of carbonyl (C=O) groups excluding carboxylic acids is 2. The average molecular weight is 495 g/mol. The molecule has 1 saturated carbocycles. The first-order valence-electron chi connectivity index (χ1n) is 11.7. The summed E-state index contributed by atoms with van der Waals surface area (Å²) in [4.78, 5) is 25.4. The maximum absolute atomic E-state index is 12.9. The fourth-order valence-electron chi connectivity index (χ4n) is 3.66. The van der Waals surface area contributed by atoms with Crippen LogP contribution in [0.4, 0.5) is 0 Å². The number of benzene rings is 3. The fourth-order valence-corrected chi connectivity index (χ4v) is 3.66. The zero-order valence-corrected chi connectivity index (χ0v) is 20.6. The zero-order valence-electron chi connectivity index (χ0n) is 19.9. The molecule has 6 nitrogen and oxygen atoms in total. The number of quaternary nitrogens is 1. The lowest BCUT2D eigenvalue weighted by Crippen LogP contribution is -3.00. The molecule has 3 aromatic carbocycles. The minimum absolute atomic E-state index is 0. The number of aryl methyl sites for hydroxylation is 1. The highest BCUT2D eigenvalue weighted by Gasteiger charge is 2.24. The Hall–Kier alpha value is -3.19. The molecule has 0 aromatic heterocycles. The van der Waals surface area contributed by atoms with E-state index in [1.807, 2.05) is 49.4 Å². The van der Waals surface area contributed by atoms with Crippen LogP contribution in [0.3, 0.4) is 0 Å². The van der Waals surface area contributed by atoms with Crippen molar-refractivity contribution in [2.75, 3.05) is 26.4 Å². The molecule has 4 rings (SSSR count). The van der Waals surface area contributed by atoms with E-state index in [1.165, 1.54) is 0 Å². The first kappa shape index (κ1) is 26.4. The predicted octanol–water partition coefficient (Wildman–Crippen LogP) is 0.427. The van der Waals surface area contributed by atoms with Crippen molar-refractivity contribution in [2.24, 2.45) is 0 Å². The number of ketones is 1. The molecule has 0 radical (unpaired) electrons. The van der Waals surface area contributed by atoms with Crippen LogP contribution in [-0.2, 0) is 4.74 Å². The van der Waals surface area contributed by atoms with Crippen molar-refractivity contribution in [3.63, 3.8) is 0 Å². The highest BCUT2D eigenvalue weighted by atomic mass is 35.5. The minimum atomic E-state index is -0.0498. The number of rotatable bonds is 11. The van der Waals surface area contributed by atoms with Crippen molar-refractivity contribution in [3.8, 4) is 16.9 Å². The van der Waals surface area contributed by atoms with Gasteiger partial charge in [-0.2, -0.15) is 0 Å². The van der Waals surface area contributed by atoms with Gasteiger partial charge in [-0.3, -0.25) is 9.59 Å². The van der Waals surface area contributed by atoms with Crippen LogP contribution in [0.1, 0.15) is 44.7 Å². The van der Waals surface area contributed by atoms with E-state index in [4.69, 9.17) is 9.47 Å². The molecule has 0 unspecified atom stereocenters. The van der Waals surface area contributed by atoms with E-state index in [2.05, 4.69) is 11.1 Å². The monoisotopic (exact) mass is 494 g/mol. The van der Waals surface area contributed by atoms with Crippen LogP contribution in [0.5, 0.6) is 5.75 Å². The molecule has 0 aliphatic heterocycles. The van der Waals surface area contributed by atoms with Crippen LogP contribution in [0.25, 0.3) is 11.1 Å². The molecule has 7 heteroatoms. The second kappa shape index (κ2) is 12.5. The van der Waals surface area contributed by atoms with Gasteiger partial charge in [0.05, 0.1) is 19.8 Å². The summed E-state index contributed by atoms with van der Waals surface area (Å²) in [6.07, 6.45) is 2.11. The minimum Gasteiger partial charge on any atom is -1.00 e. The van der Waals surface area contributed by atoms with E-state index >= 15 is 0 Å². The molecular weight excluding hydrogens is 464 g/mol. The van der Waals surface area contributed by atoms with Crippen LogP contribution < -0.4 is 28.2 Å². The predicted molar refractivity (Wildman–Crippen MR) is 131 cm³/mol. The molecule has 0 atom stereocenters. The van der Waals surface area contributed by atoms with Crippen molar-refractivity contribution in [2.45, 2.75) is 25.8 Å². The van der Waals surface area contributed by atoms with Gasteiger partial charge in [-0.25, -0.2) is 0 Å². The molecule has 4 N–H and O–H groups in total. The maximum atomic E-state index is 12.9. The Morgan fingerprint density at radius 1 is 0.886 bits per heavy atom. The second-order valence-electron chi connectivity index (χ2n) is 8.52. The van der Waals surface area contributed by atoms with Crippen LogP contribution in [0.15, 0.2) is 66.7 Å². The topological polar surface area (TPSA) is 92.3 Å². The molecule has 1 aliphatic carbocycles. The SMILES string of the molecule is Cc1ccc(C(=O)NC2CC2)cc1-c1ccc(C(=O)c2ccc(OCCOCC[NH3+])cc2)cc1.[Cl-]. The first-order valence-corrected chi connectivity index (χ1v) is 11.7. The molecule has 1 aliphatic rings. The van der Waals surface area contributed by atoms with E-state index < -0.39 is 0 Å². The summed E-state index contributed by atoms with van der Waals surface area (Å²) >= 11 is 0. The van der Waals surface area contributed by atoms with E-state index in [9.17, 15) is 9.59 Å². The van der Waals surface area contributed by atoms with Gasteiger partial charge >= 0.3 is 0 Å². The van der Waals surface area contributed by atoms with E-state index in [1.54, 1.807) is 24.3 Å². The van der Waals surface area contributed by atoms with Crippen molar-refractivity contribution < 1.29 is 37.2 Å². The third kappa shape index (κ3) is 7.15. The molecule has 0 heterocycles. The number of hydrogen-bond donors (Lipinski definition) is 2. The van der Waals surface area contributed by atoms with Gasteiger partial charge < -0.3 is 32.9 Å². The second-order valence-corrected chi connectivity index (χ2v) is 8.52. The summed E-state index contributed by atoms with van der Waals surface area (Å²) in [6.45, 7) is 4.35. The molecule has 0 saturated heterocycles. The van der Waals surface area contributed by atoms with E-state index in [0.29, 0.717) is 48.3 Å². The summed E-state index contributed by atoms with van der Waals surface area (Å²) in [5.41, 5.74) is 8.63. The number of amides is 1. The lowest BCUT2D eigenvalue weighted by atomic mass is 9.95. The van der Waals surface area contributed by atoms with Gasteiger partial charge in [-0.15, -0.1) is 0 Å². The van der Waals surface area contributed by atoms with Crippen LogP contribution in [0.2, 0.25) is 0 Å². The largest absolute Gasteiger partial charge is 1.00 e. The maximum Gasteiger partial charge on any atom is 0.251 e. The number of hydrogen-bond acceptors (Lipinski definition) is 4. The Kier molecular flexibility index (Phi) is 9.43. The summed E-state index contributed by atoms with van der Waals surface area (Å²) in [7, 11) is 0.